The van der Waals surface area contributed by atoms with Gasteiger partial charge in [-0.2, -0.15) is 0 Å². The number of para-hydroxylation sites is 1. The van der Waals surface area contributed by atoms with Crippen LogP contribution < -0.4 is 9.64 Å². The van der Waals surface area contributed by atoms with E-state index in [1.807, 2.05) is 30.3 Å². The molecule has 0 spiro atoms. The van der Waals surface area contributed by atoms with Crippen LogP contribution >= 0.6 is 0 Å². The molecule has 0 saturated heterocycles. The second-order valence-electron chi connectivity index (χ2n) is 4.47. The zero-order chi connectivity index (χ0) is 15.2. The molecule has 0 aromatic heterocycles. The van der Waals surface area contributed by atoms with Crippen LogP contribution in [-0.2, 0) is 0 Å². The molecule has 0 fully saturated rings. The summed E-state index contributed by atoms with van der Waals surface area (Å²) in [6.45, 7) is 0.743. The highest BCUT2D eigenvalue weighted by Gasteiger charge is 2.17. The van der Waals surface area contributed by atoms with Crippen LogP contribution in [0.1, 0.15) is 0 Å². The highest BCUT2D eigenvalue weighted by atomic mass is 19.1. The molecule has 0 saturated carbocycles. The average Bonchev–Trinajstić information content (AvgIpc) is 2.47. The second kappa shape index (κ2) is 6.69. The molecule has 110 valence electrons. The van der Waals surface area contributed by atoms with Gasteiger partial charge < -0.3 is 9.64 Å². The van der Waals surface area contributed by atoms with E-state index in [2.05, 4.69) is 0 Å². The van der Waals surface area contributed by atoms with Gasteiger partial charge in [-0.3, -0.25) is 10.1 Å². The van der Waals surface area contributed by atoms with Crippen molar-refractivity contribution in [3.8, 4) is 5.75 Å². The van der Waals surface area contributed by atoms with Crippen LogP contribution in [0, 0.1) is 15.9 Å². The molecule has 6 heteroatoms. The van der Waals surface area contributed by atoms with Gasteiger partial charge >= 0.3 is 0 Å². The smallest absolute Gasteiger partial charge is 0.292 e. The third kappa shape index (κ3) is 3.92. The summed E-state index contributed by atoms with van der Waals surface area (Å²) in [6, 6.07) is 12.6. The standard InChI is InChI=1S/C15H15FN2O3/c1-17(9-10-21-13-5-3-2-4-6-13)15-11-12(16)7-8-14(15)18(19)20/h2-8,11H,9-10H2,1H3. The first-order valence-corrected chi connectivity index (χ1v) is 6.41. The van der Waals surface area contributed by atoms with Crippen molar-refractivity contribution in [2.45, 2.75) is 0 Å². The molecular formula is C15H15FN2O3. The summed E-state index contributed by atoms with van der Waals surface area (Å²) < 4.78 is 18.8. The van der Waals surface area contributed by atoms with Crippen molar-refractivity contribution < 1.29 is 14.1 Å². The number of halogens is 1. The van der Waals surface area contributed by atoms with Crippen molar-refractivity contribution in [2.75, 3.05) is 25.1 Å². The van der Waals surface area contributed by atoms with E-state index in [0.717, 1.165) is 17.9 Å². The van der Waals surface area contributed by atoms with Crippen LogP contribution in [0.4, 0.5) is 15.8 Å². The van der Waals surface area contributed by atoms with Crippen molar-refractivity contribution in [1.29, 1.82) is 0 Å². The summed E-state index contributed by atoms with van der Waals surface area (Å²) in [6.07, 6.45) is 0. The van der Waals surface area contributed by atoms with Gasteiger partial charge in [0.2, 0.25) is 0 Å². The summed E-state index contributed by atoms with van der Waals surface area (Å²) in [4.78, 5) is 12.0. The van der Waals surface area contributed by atoms with Gasteiger partial charge in [-0.1, -0.05) is 18.2 Å². The second-order valence-corrected chi connectivity index (χ2v) is 4.47. The Kier molecular flexibility index (Phi) is 4.71. The maximum absolute atomic E-state index is 13.3. The maximum atomic E-state index is 13.3. The quantitative estimate of drug-likeness (QED) is 0.605. The summed E-state index contributed by atoms with van der Waals surface area (Å²) in [7, 11) is 1.66. The van der Waals surface area contributed by atoms with E-state index >= 15 is 0 Å². The largest absolute Gasteiger partial charge is 0.492 e. The first-order valence-electron chi connectivity index (χ1n) is 6.41. The summed E-state index contributed by atoms with van der Waals surface area (Å²) in [5.41, 5.74) is 0.107. The lowest BCUT2D eigenvalue weighted by molar-refractivity contribution is -0.384. The molecule has 21 heavy (non-hydrogen) atoms. The van der Waals surface area contributed by atoms with Crippen molar-refractivity contribution in [3.05, 3.63) is 64.5 Å². The first-order chi connectivity index (χ1) is 10.1. The zero-order valence-electron chi connectivity index (χ0n) is 11.5. The van der Waals surface area contributed by atoms with Gasteiger partial charge in [0.05, 0.1) is 11.5 Å². The minimum Gasteiger partial charge on any atom is -0.492 e. The molecular weight excluding hydrogens is 275 g/mol. The number of ether oxygens (including phenoxy) is 1. The lowest BCUT2D eigenvalue weighted by atomic mass is 10.2. The number of nitro benzene ring substituents is 1. The van der Waals surface area contributed by atoms with Crippen LogP contribution in [0.2, 0.25) is 0 Å². The van der Waals surface area contributed by atoms with Crippen molar-refractivity contribution in [2.24, 2.45) is 0 Å². The fourth-order valence-corrected chi connectivity index (χ4v) is 1.89. The number of anilines is 1. The van der Waals surface area contributed by atoms with E-state index < -0.39 is 10.7 Å². The molecule has 2 rings (SSSR count). The molecule has 0 N–H and O–H groups in total. The lowest BCUT2D eigenvalue weighted by Gasteiger charge is -2.19. The van der Waals surface area contributed by atoms with E-state index in [9.17, 15) is 14.5 Å². The molecule has 0 amide bonds. The minimum absolute atomic E-state index is 0.126. The predicted octanol–water partition coefficient (Wildman–Crippen LogP) is 3.25. The van der Waals surface area contributed by atoms with Crippen LogP contribution in [0.5, 0.6) is 5.75 Å². The maximum Gasteiger partial charge on any atom is 0.292 e. The van der Waals surface area contributed by atoms with Gasteiger partial charge in [0.25, 0.3) is 5.69 Å². The topological polar surface area (TPSA) is 55.6 Å². The lowest BCUT2D eigenvalue weighted by Crippen LogP contribution is -2.24. The molecule has 0 aliphatic heterocycles. The molecule has 0 heterocycles. The fourth-order valence-electron chi connectivity index (χ4n) is 1.89. The number of rotatable bonds is 6. The van der Waals surface area contributed by atoms with Crippen LogP contribution in [-0.4, -0.2) is 25.1 Å². The Balaban J connectivity index is 2.01. The number of likely N-dealkylation sites (N-methyl/N-ethyl adjacent to an activating group) is 1. The van der Waals surface area contributed by atoms with E-state index in [-0.39, 0.29) is 11.4 Å². The van der Waals surface area contributed by atoms with Gasteiger partial charge in [-0.25, -0.2) is 4.39 Å². The van der Waals surface area contributed by atoms with Gasteiger partial charge in [-0.15, -0.1) is 0 Å². The summed E-state index contributed by atoms with van der Waals surface area (Å²) in [5.74, 6) is 0.214. The number of hydrogen-bond acceptors (Lipinski definition) is 4. The molecule has 0 aliphatic rings. The Labute approximate surface area is 121 Å². The summed E-state index contributed by atoms with van der Waals surface area (Å²) in [5, 5.41) is 11.0. The van der Waals surface area contributed by atoms with Crippen molar-refractivity contribution >= 4 is 11.4 Å². The monoisotopic (exact) mass is 290 g/mol. The Morgan fingerprint density at radius 3 is 2.62 bits per heavy atom. The highest BCUT2D eigenvalue weighted by Crippen LogP contribution is 2.27. The van der Waals surface area contributed by atoms with E-state index in [1.165, 1.54) is 6.07 Å². The summed E-state index contributed by atoms with van der Waals surface area (Å²) >= 11 is 0. The number of nitrogens with zero attached hydrogens (tertiary/aromatic N) is 2. The predicted molar refractivity (Wildman–Crippen MR) is 78.3 cm³/mol. The molecule has 0 aliphatic carbocycles. The SMILES string of the molecule is CN(CCOc1ccccc1)c1cc(F)ccc1[N+](=O)[O-]. The van der Waals surface area contributed by atoms with E-state index in [1.54, 1.807) is 11.9 Å². The van der Waals surface area contributed by atoms with Crippen molar-refractivity contribution in [3.63, 3.8) is 0 Å². The fraction of sp³-hybridized carbons (Fsp3) is 0.200. The zero-order valence-corrected chi connectivity index (χ0v) is 11.5. The average molecular weight is 290 g/mol. The Morgan fingerprint density at radius 2 is 1.95 bits per heavy atom. The Morgan fingerprint density at radius 1 is 1.24 bits per heavy atom. The normalized spacial score (nSPS) is 10.2. The Hall–Kier alpha value is -2.63. The third-order valence-electron chi connectivity index (χ3n) is 2.98. The van der Waals surface area contributed by atoms with Crippen molar-refractivity contribution in [1.82, 2.24) is 0 Å². The molecule has 2 aromatic carbocycles. The minimum atomic E-state index is -0.524. The van der Waals surface area contributed by atoms with Crippen LogP contribution in [0.3, 0.4) is 0 Å². The number of benzene rings is 2. The molecule has 5 nitrogen and oxygen atoms in total. The van der Waals surface area contributed by atoms with Gasteiger partial charge in [-0.05, 0) is 18.2 Å². The molecule has 0 unspecified atom stereocenters. The number of hydrogen-bond donors (Lipinski definition) is 0. The van der Waals surface area contributed by atoms with E-state index in [0.29, 0.717) is 13.2 Å². The van der Waals surface area contributed by atoms with Gasteiger partial charge in [0.1, 0.15) is 23.9 Å². The molecule has 0 bridgehead atoms. The number of nitro groups is 1. The third-order valence-corrected chi connectivity index (χ3v) is 2.98. The van der Waals surface area contributed by atoms with Gasteiger partial charge in [0, 0.05) is 19.2 Å². The highest BCUT2D eigenvalue weighted by molar-refractivity contribution is 5.62. The first kappa shape index (κ1) is 14.8. The van der Waals surface area contributed by atoms with Crippen LogP contribution in [0.25, 0.3) is 0 Å². The Bertz CT molecular complexity index is 620. The van der Waals surface area contributed by atoms with Crippen LogP contribution in [0.15, 0.2) is 48.5 Å². The van der Waals surface area contributed by atoms with E-state index in [4.69, 9.17) is 4.74 Å². The van der Waals surface area contributed by atoms with Gasteiger partial charge in [0.15, 0.2) is 0 Å². The molecule has 2 aromatic rings. The molecule has 0 atom stereocenters. The molecule has 0 radical (unpaired) electrons.